The van der Waals surface area contributed by atoms with Crippen LogP contribution < -0.4 is 0 Å². The fourth-order valence-electron chi connectivity index (χ4n) is 2.55. The summed E-state index contributed by atoms with van der Waals surface area (Å²) in [5.41, 5.74) is 3.78. The normalized spacial score (nSPS) is 10.7. The first-order valence-corrected chi connectivity index (χ1v) is 8.47. The monoisotopic (exact) mass is 339 g/mol. The van der Waals surface area contributed by atoms with Crippen molar-refractivity contribution in [3.8, 4) is 11.3 Å². The van der Waals surface area contributed by atoms with Gasteiger partial charge in [0.25, 0.3) is 0 Å². The van der Waals surface area contributed by atoms with Crippen LogP contribution >= 0.6 is 11.6 Å². The molecule has 0 aliphatic heterocycles. The number of rotatable bonds is 7. The average molecular weight is 340 g/mol. The van der Waals surface area contributed by atoms with Gasteiger partial charge in [-0.05, 0) is 18.4 Å². The summed E-state index contributed by atoms with van der Waals surface area (Å²) < 4.78 is 5.55. The van der Waals surface area contributed by atoms with Gasteiger partial charge in [-0.25, -0.2) is 4.98 Å². The Bertz CT molecular complexity index is 794. The van der Waals surface area contributed by atoms with E-state index < -0.39 is 0 Å². The molecule has 122 valence electrons. The van der Waals surface area contributed by atoms with Crippen LogP contribution in [-0.4, -0.2) is 16.6 Å². The van der Waals surface area contributed by atoms with Gasteiger partial charge in [0.1, 0.15) is 12.0 Å². The molecule has 0 amide bonds. The topological polar surface area (TPSA) is 43.1 Å². The predicted octanol–water partition coefficient (Wildman–Crippen LogP) is 4.94. The molecule has 0 saturated carbocycles. The van der Waals surface area contributed by atoms with Crippen LogP contribution in [0.3, 0.4) is 0 Å². The van der Waals surface area contributed by atoms with Gasteiger partial charge >= 0.3 is 0 Å². The van der Waals surface area contributed by atoms with Crippen molar-refractivity contribution in [2.75, 3.05) is 5.88 Å². The first-order valence-electron chi connectivity index (χ1n) is 7.94. The molecule has 1 aromatic heterocycles. The van der Waals surface area contributed by atoms with Crippen LogP contribution in [0.1, 0.15) is 28.2 Å². The molecule has 3 aromatic rings. The number of halogens is 1. The Morgan fingerprint density at radius 1 is 1.00 bits per heavy atom. The molecule has 0 atom stereocenters. The van der Waals surface area contributed by atoms with Crippen LogP contribution in [0.25, 0.3) is 11.3 Å². The van der Waals surface area contributed by atoms with Crippen molar-refractivity contribution in [1.29, 1.82) is 0 Å². The average Bonchev–Trinajstić information content (AvgIpc) is 3.11. The minimum absolute atomic E-state index is 0.0211. The second-order valence-electron chi connectivity index (χ2n) is 5.60. The smallest absolute Gasteiger partial charge is 0.194 e. The first-order chi connectivity index (χ1) is 11.8. The number of nitrogens with zero attached hydrogens (tertiary/aromatic N) is 1. The zero-order valence-electron chi connectivity index (χ0n) is 13.2. The molecule has 1 heterocycles. The van der Waals surface area contributed by atoms with E-state index in [1.165, 1.54) is 5.56 Å². The minimum atomic E-state index is -0.0450. The van der Waals surface area contributed by atoms with Crippen molar-refractivity contribution in [2.45, 2.75) is 19.3 Å². The van der Waals surface area contributed by atoms with E-state index in [0.29, 0.717) is 5.56 Å². The molecule has 3 rings (SSSR count). The fraction of sp³-hybridized carbons (Fsp3) is 0.200. The molecule has 0 spiro atoms. The number of aryl methyl sites for hydroxylation is 2. The lowest BCUT2D eigenvalue weighted by Crippen LogP contribution is -2.00. The van der Waals surface area contributed by atoms with Crippen LogP contribution in [0, 0.1) is 0 Å². The Kier molecular flexibility index (Phi) is 5.44. The van der Waals surface area contributed by atoms with Gasteiger partial charge in [0.05, 0.1) is 5.88 Å². The van der Waals surface area contributed by atoms with Gasteiger partial charge in [0, 0.05) is 17.5 Å². The quantitative estimate of drug-likeness (QED) is 0.452. The van der Waals surface area contributed by atoms with Gasteiger partial charge in [0.15, 0.2) is 11.7 Å². The zero-order chi connectivity index (χ0) is 16.8. The molecule has 24 heavy (non-hydrogen) atoms. The maximum Gasteiger partial charge on any atom is 0.194 e. The van der Waals surface area contributed by atoms with Crippen molar-refractivity contribution in [3.05, 3.63) is 77.9 Å². The van der Waals surface area contributed by atoms with Gasteiger partial charge in [-0.2, -0.15) is 0 Å². The van der Waals surface area contributed by atoms with Gasteiger partial charge < -0.3 is 4.42 Å². The maximum atomic E-state index is 11.5. The van der Waals surface area contributed by atoms with Crippen molar-refractivity contribution in [1.82, 2.24) is 4.98 Å². The highest BCUT2D eigenvalue weighted by Crippen LogP contribution is 2.19. The molecule has 3 nitrogen and oxygen atoms in total. The second kappa shape index (κ2) is 7.93. The van der Waals surface area contributed by atoms with Crippen molar-refractivity contribution in [2.24, 2.45) is 0 Å². The van der Waals surface area contributed by atoms with Gasteiger partial charge in [-0.3, -0.25) is 4.79 Å². The van der Waals surface area contributed by atoms with Crippen LogP contribution in [0.4, 0.5) is 0 Å². The molecule has 0 aliphatic rings. The molecule has 2 aromatic carbocycles. The minimum Gasteiger partial charge on any atom is -0.448 e. The molecule has 0 unspecified atom stereocenters. The molecule has 0 N–H and O–H groups in total. The van der Waals surface area contributed by atoms with E-state index in [-0.39, 0.29) is 11.7 Å². The number of hydrogen-bond donors (Lipinski definition) is 0. The van der Waals surface area contributed by atoms with Gasteiger partial charge in [-0.1, -0.05) is 54.6 Å². The predicted molar refractivity (Wildman–Crippen MR) is 95.5 cm³/mol. The number of oxazole rings is 1. The summed E-state index contributed by atoms with van der Waals surface area (Å²) in [7, 11) is 0. The number of aromatic nitrogens is 1. The number of Topliss-reactive ketones (excluding diaryl/α,β-unsaturated/α-hetero) is 1. The highest BCUT2D eigenvalue weighted by Gasteiger charge is 2.07. The van der Waals surface area contributed by atoms with Crippen molar-refractivity contribution >= 4 is 17.4 Å². The van der Waals surface area contributed by atoms with Gasteiger partial charge in [0.2, 0.25) is 0 Å². The number of hydrogen-bond acceptors (Lipinski definition) is 3. The Morgan fingerprint density at radius 3 is 2.46 bits per heavy atom. The van der Waals surface area contributed by atoms with E-state index in [4.69, 9.17) is 16.0 Å². The Labute approximate surface area is 146 Å². The lowest BCUT2D eigenvalue weighted by Gasteiger charge is -2.02. The van der Waals surface area contributed by atoms with Gasteiger partial charge in [-0.15, -0.1) is 11.6 Å². The summed E-state index contributed by atoms with van der Waals surface area (Å²) in [5, 5.41) is 0. The van der Waals surface area contributed by atoms with Crippen LogP contribution in [0.15, 0.2) is 65.3 Å². The summed E-state index contributed by atoms with van der Waals surface area (Å²) in [5.74, 6) is 0.729. The molecule has 0 fully saturated rings. The molecule has 0 saturated heterocycles. The van der Waals surface area contributed by atoms with Crippen molar-refractivity contribution < 1.29 is 9.21 Å². The highest BCUT2D eigenvalue weighted by molar-refractivity contribution is 6.30. The Morgan fingerprint density at radius 2 is 1.75 bits per heavy atom. The fourth-order valence-corrected chi connectivity index (χ4v) is 2.70. The van der Waals surface area contributed by atoms with E-state index in [1.807, 2.05) is 54.6 Å². The Hall–Kier alpha value is -2.39. The molecule has 0 aliphatic carbocycles. The van der Waals surface area contributed by atoms with E-state index in [2.05, 4.69) is 4.98 Å². The summed E-state index contributed by atoms with van der Waals surface area (Å²) in [6, 6.07) is 17.6. The molecule has 0 radical (unpaired) electrons. The molecule has 4 heteroatoms. The third-order valence-electron chi connectivity index (χ3n) is 3.87. The maximum absolute atomic E-state index is 11.5. The van der Waals surface area contributed by atoms with Crippen LogP contribution in [0.5, 0.6) is 0 Å². The number of alkyl halides is 1. The van der Waals surface area contributed by atoms with E-state index in [9.17, 15) is 4.79 Å². The first kappa shape index (κ1) is 16.5. The third kappa shape index (κ3) is 4.12. The second-order valence-corrected chi connectivity index (χ2v) is 5.87. The third-order valence-corrected chi connectivity index (χ3v) is 4.12. The van der Waals surface area contributed by atoms with E-state index in [0.717, 1.165) is 36.4 Å². The molecular weight excluding hydrogens is 322 g/mol. The summed E-state index contributed by atoms with van der Waals surface area (Å²) in [4.78, 5) is 16.0. The van der Waals surface area contributed by atoms with Crippen LogP contribution in [0.2, 0.25) is 0 Å². The largest absolute Gasteiger partial charge is 0.448 e. The number of carbonyl (C=O) groups is 1. The number of benzene rings is 2. The lowest BCUT2D eigenvalue weighted by molar-refractivity contribution is 0.102. The van der Waals surface area contributed by atoms with E-state index >= 15 is 0 Å². The number of carbonyl (C=O) groups excluding carboxylic acids is 1. The summed E-state index contributed by atoms with van der Waals surface area (Å²) in [6.07, 6.45) is 4.35. The SMILES string of the molecule is O=C(CCl)c1ccc(CCCc2nc(-c3ccccc3)co2)cc1. The standard InChI is InChI=1S/C20H18ClNO2/c21-13-19(23)17-11-9-15(10-12-17)5-4-8-20-22-18(14-24-20)16-6-2-1-3-7-16/h1-3,6-7,9-12,14H,4-5,8,13H2. The van der Waals surface area contributed by atoms with Crippen LogP contribution in [-0.2, 0) is 12.8 Å². The summed E-state index contributed by atoms with van der Waals surface area (Å²) in [6.45, 7) is 0. The summed E-state index contributed by atoms with van der Waals surface area (Å²) >= 11 is 5.56. The zero-order valence-corrected chi connectivity index (χ0v) is 14.0. The van der Waals surface area contributed by atoms with E-state index in [1.54, 1.807) is 6.26 Å². The number of ketones is 1. The molecular formula is C20H18ClNO2. The molecule has 0 bridgehead atoms. The highest BCUT2D eigenvalue weighted by atomic mass is 35.5. The lowest BCUT2D eigenvalue weighted by atomic mass is 10.0. The Balaban J connectivity index is 1.53. The van der Waals surface area contributed by atoms with Crippen molar-refractivity contribution in [3.63, 3.8) is 0 Å².